The number of rotatable bonds is 3. The Morgan fingerprint density at radius 2 is 1.10 bits per heavy atom. The van der Waals surface area contributed by atoms with Gasteiger partial charge in [0, 0.05) is 0 Å². The molecule has 2 N–H and O–H groups in total. The molecule has 0 heterocycles. The van der Waals surface area contributed by atoms with Crippen molar-refractivity contribution in [3.8, 4) is 28.7 Å². The van der Waals surface area contributed by atoms with E-state index >= 15 is 0 Å². The average Bonchev–Trinajstić information content (AvgIpc) is 2.49. The molecule has 0 fully saturated rings. The Kier molecular flexibility index (Phi) is 6.03. The standard InChI is InChI=1S/C8H10O3.C7H8O2/c1-10-6-4-3-5-7(11-2)8(6)9;1-9-7-5-3-2-4-6(7)8/h3-5,9H,1-2H3;2-5,8H,1H3. The molecule has 0 saturated heterocycles. The molecule has 5 nitrogen and oxygen atoms in total. The van der Waals surface area contributed by atoms with Gasteiger partial charge in [-0.05, 0) is 24.3 Å². The molecule has 2 aromatic carbocycles. The van der Waals surface area contributed by atoms with E-state index in [9.17, 15) is 5.11 Å². The largest absolute Gasteiger partial charge is 0.504 e. The Morgan fingerprint density at radius 3 is 1.50 bits per heavy atom. The van der Waals surface area contributed by atoms with Gasteiger partial charge in [-0.3, -0.25) is 0 Å². The highest BCUT2D eigenvalue weighted by Gasteiger charge is 2.05. The molecule has 0 spiro atoms. The molecule has 0 aliphatic heterocycles. The van der Waals surface area contributed by atoms with Gasteiger partial charge in [-0.2, -0.15) is 0 Å². The Labute approximate surface area is 118 Å². The molecule has 5 heteroatoms. The zero-order chi connectivity index (χ0) is 15.0. The van der Waals surface area contributed by atoms with Crippen molar-refractivity contribution in [1.29, 1.82) is 0 Å². The van der Waals surface area contributed by atoms with Gasteiger partial charge in [-0.15, -0.1) is 0 Å². The third kappa shape index (κ3) is 3.98. The minimum absolute atomic E-state index is 0.0394. The second-order valence-corrected chi connectivity index (χ2v) is 3.68. The van der Waals surface area contributed by atoms with Crippen molar-refractivity contribution in [2.45, 2.75) is 0 Å². The van der Waals surface area contributed by atoms with E-state index in [1.807, 2.05) is 0 Å². The van der Waals surface area contributed by atoms with E-state index in [0.29, 0.717) is 17.2 Å². The fourth-order valence-corrected chi connectivity index (χ4v) is 1.46. The minimum Gasteiger partial charge on any atom is -0.504 e. The van der Waals surface area contributed by atoms with Gasteiger partial charge in [-0.1, -0.05) is 18.2 Å². The summed E-state index contributed by atoms with van der Waals surface area (Å²) in [6.07, 6.45) is 0. The fraction of sp³-hybridized carbons (Fsp3) is 0.200. The molecule has 0 bridgehead atoms. The summed E-state index contributed by atoms with van der Waals surface area (Å²) in [5, 5.41) is 18.3. The summed E-state index contributed by atoms with van der Waals surface area (Å²) >= 11 is 0. The van der Waals surface area contributed by atoms with E-state index in [1.54, 1.807) is 42.5 Å². The number of aromatic hydroxyl groups is 2. The average molecular weight is 278 g/mol. The number of ether oxygens (including phenoxy) is 3. The second kappa shape index (κ2) is 7.78. The maximum Gasteiger partial charge on any atom is 0.200 e. The van der Waals surface area contributed by atoms with Gasteiger partial charge in [0.15, 0.2) is 23.0 Å². The number of methoxy groups -OCH3 is 3. The number of hydrogen-bond acceptors (Lipinski definition) is 5. The van der Waals surface area contributed by atoms with Crippen LogP contribution in [0.5, 0.6) is 28.7 Å². The summed E-state index contributed by atoms with van der Waals surface area (Å²) in [5.74, 6) is 1.57. The highest BCUT2D eigenvalue weighted by atomic mass is 16.5. The summed E-state index contributed by atoms with van der Waals surface area (Å²) in [6, 6.07) is 11.9. The summed E-state index contributed by atoms with van der Waals surface area (Å²) < 4.78 is 14.5. The SMILES string of the molecule is COc1cccc(OC)c1O.COc1ccccc1O. The molecule has 0 aliphatic carbocycles. The van der Waals surface area contributed by atoms with E-state index in [0.717, 1.165) is 0 Å². The van der Waals surface area contributed by atoms with E-state index in [4.69, 9.17) is 19.3 Å². The van der Waals surface area contributed by atoms with Gasteiger partial charge >= 0.3 is 0 Å². The van der Waals surface area contributed by atoms with Gasteiger partial charge in [0.25, 0.3) is 0 Å². The maximum atomic E-state index is 9.34. The number of phenols is 2. The third-order valence-corrected chi connectivity index (χ3v) is 2.49. The van der Waals surface area contributed by atoms with Crippen LogP contribution >= 0.6 is 0 Å². The Morgan fingerprint density at radius 1 is 0.650 bits per heavy atom. The molecule has 0 radical (unpaired) electrons. The van der Waals surface area contributed by atoms with Crippen LogP contribution in [0.25, 0.3) is 0 Å². The molecular weight excluding hydrogens is 260 g/mol. The van der Waals surface area contributed by atoms with Crippen molar-refractivity contribution in [1.82, 2.24) is 0 Å². The van der Waals surface area contributed by atoms with Gasteiger partial charge in [0.05, 0.1) is 21.3 Å². The van der Waals surface area contributed by atoms with Gasteiger partial charge in [0.1, 0.15) is 0 Å². The molecular formula is C15H18O5. The lowest BCUT2D eigenvalue weighted by Crippen LogP contribution is -1.87. The summed E-state index contributed by atoms with van der Waals surface area (Å²) in [4.78, 5) is 0. The molecule has 2 rings (SSSR count). The topological polar surface area (TPSA) is 68.2 Å². The van der Waals surface area contributed by atoms with Crippen LogP contribution in [-0.4, -0.2) is 31.5 Å². The molecule has 0 aromatic heterocycles. The Bertz CT molecular complexity index is 517. The lowest BCUT2D eigenvalue weighted by molar-refractivity contribution is 0.340. The maximum absolute atomic E-state index is 9.34. The summed E-state index contributed by atoms with van der Waals surface area (Å²) in [5.41, 5.74) is 0. The van der Waals surface area contributed by atoms with Crippen molar-refractivity contribution in [2.75, 3.05) is 21.3 Å². The van der Waals surface area contributed by atoms with E-state index < -0.39 is 0 Å². The predicted octanol–water partition coefficient (Wildman–Crippen LogP) is 2.81. The zero-order valence-electron chi connectivity index (χ0n) is 11.7. The zero-order valence-corrected chi connectivity index (χ0v) is 11.7. The van der Waals surface area contributed by atoms with Crippen LogP contribution in [0, 0.1) is 0 Å². The highest BCUT2D eigenvalue weighted by Crippen LogP contribution is 2.34. The highest BCUT2D eigenvalue weighted by molar-refractivity contribution is 5.49. The normalized spacial score (nSPS) is 9.15. The molecule has 0 atom stereocenters. The van der Waals surface area contributed by atoms with Crippen LogP contribution < -0.4 is 14.2 Å². The first kappa shape index (κ1) is 15.5. The van der Waals surface area contributed by atoms with Crippen LogP contribution in [0.3, 0.4) is 0 Å². The Hall–Kier alpha value is -2.56. The van der Waals surface area contributed by atoms with Crippen LogP contribution in [0.1, 0.15) is 0 Å². The van der Waals surface area contributed by atoms with E-state index in [1.165, 1.54) is 21.3 Å². The third-order valence-electron chi connectivity index (χ3n) is 2.49. The molecule has 108 valence electrons. The second-order valence-electron chi connectivity index (χ2n) is 3.68. The number of benzene rings is 2. The van der Waals surface area contributed by atoms with Crippen molar-refractivity contribution >= 4 is 0 Å². The predicted molar refractivity (Wildman–Crippen MR) is 75.9 cm³/mol. The number of hydrogen-bond donors (Lipinski definition) is 2. The van der Waals surface area contributed by atoms with Crippen molar-refractivity contribution in [2.24, 2.45) is 0 Å². The lowest BCUT2D eigenvalue weighted by Gasteiger charge is -2.06. The van der Waals surface area contributed by atoms with Crippen LogP contribution in [-0.2, 0) is 0 Å². The summed E-state index contributed by atoms with van der Waals surface area (Å²) in [6.45, 7) is 0. The quantitative estimate of drug-likeness (QED) is 0.903. The smallest absolute Gasteiger partial charge is 0.200 e. The van der Waals surface area contributed by atoms with Crippen molar-refractivity contribution in [3.05, 3.63) is 42.5 Å². The lowest BCUT2D eigenvalue weighted by atomic mass is 10.3. The minimum atomic E-state index is 0.0394. The molecule has 2 aromatic rings. The van der Waals surface area contributed by atoms with Crippen molar-refractivity contribution in [3.63, 3.8) is 0 Å². The van der Waals surface area contributed by atoms with Crippen LogP contribution in [0.4, 0.5) is 0 Å². The molecule has 0 saturated carbocycles. The van der Waals surface area contributed by atoms with Gasteiger partial charge in [-0.25, -0.2) is 0 Å². The Balaban J connectivity index is 0.000000204. The fourth-order valence-electron chi connectivity index (χ4n) is 1.46. The van der Waals surface area contributed by atoms with E-state index in [-0.39, 0.29) is 11.5 Å². The number of phenolic OH excluding ortho intramolecular Hbond substituents is 2. The van der Waals surface area contributed by atoms with Crippen LogP contribution in [0.15, 0.2) is 42.5 Å². The van der Waals surface area contributed by atoms with E-state index in [2.05, 4.69) is 0 Å². The van der Waals surface area contributed by atoms with Gasteiger partial charge < -0.3 is 24.4 Å². The van der Waals surface area contributed by atoms with Gasteiger partial charge in [0.2, 0.25) is 5.75 Å². The molecule has 0 aliphatic rings. The molecule has 0 amide bonds. The number of para-hydroxylation sites is 3. The monoisotopic (exact) mass is 278 g/mol. The molecule has 0 unspecified atom stereocenters. The molecule has 20 heavy (non-hydrogen) atoms. The first-order valence-electron chi connectivity index (χ1n) is 5.86. The summed E-state index contributed by atoms with van der Waals surface area (Å²) in [7, 11) is 4.51. The first-order chi connectivity index (χ1) is 9.63. The first-order valence-corrected chi connectivity index (χ1v) is 5.86. The van der Waals surface area contributed by atoms with Crippen molar-refractivity contribution < 1.29 is 24.4 Å². The van der Waals surface area contributed by atoms with Crippen LogP contribution in [0.2, 0.25) is 0 Å².